The summed E-state index contributed by atoms with van der Waals surface area (Å²) in [6, 6.07) is 28.4. The molecule has 2 fully saturated rings. The molecule has 1 aromatic heterocycles. The number of benzene rings is 3. The van der Waals surface area contributed by atoms with Crippen molar-refractivity contribution in [3.8, 4) is 0 Å². The van der Waals surface area contributed by atoms with Crippen LogP contribution in [0, 0.1) is 0 Å². The maximum Gasteiger partial charge on any atom is 0.295 e. The van der Waals surface area contributed by atoms with Gasteiger partial charge in [0.25, 0.3) is 11.7 Å². The summed E-state index contributed by atoms with van der Waals surface area (Å²) in [6.07, 6.45) is 3.75. The van der Waals surface area contributed by atoms with E-state index in [1.165, 1.54) is 11.1 Å². The van der Waals surface area contributed by atoms with Gasteiger partial charge in [0.05, 0.1) is 11.6 Å². The Balaban J connectivity index is 1.18. The molecule has 0 N–H and O–H groups in total. The van der Waals surface area contributed by atoms with E-state index in [1.807, 2.05) is 45.9 Å². The molecule has 40 heavy (non-hydrogen) atoms. The highest BCUT2D eigenvalue weighted by atomic mass is 16.2. The Morgan fingerprint density at radius 1 is 0.650 bits per heavy atom. The molecule has 2 saturated heterocycles. The van der Waals surface area contributed by atoms with Crippen LogP contribution in [0.5, 0.6) is 0 Å². The molecule has 0 radical (unpaired) electrons. The molecule has 0 bridgehead atoms. The third kappa shape index (κ3) is 5.17. The van der Waals surface area contributed by atoms with Crippen molar-refractivity contribution < 1.29 is 14.4 Å². The normalized spacial score (nSPS) is 16.1. The molecule has 2 aliphatic rings. The third-order valence-electron chi connectivity index (χ3n) is 8.19. The Bertz CT molecular complexity index is 1460. The van der Waals surface area contributed by atoms with Crippen LogP contribution in [0.4, 0.5) is 0 Å². The lowest BCUT2D eigenvalue weighted by Crippen LogP contribution is -2.51. The molecule has 7 nitrogen and oxygen atoms in total. The summed E-state index contributed by atoms with van der Waals surface area (Å²) in [6.45, 7) is 4.02. The Morgan fingerprint density at radius 3 is 1.85 bits per heavy atom. The number of likely N-dealkylation sites (tertiary alicyclic amines) is 1. The number of carbonyl (C=O) groups excluding carboxylic acids is 3. The summed E-state index contributed by atoms with van der Waals surface area (Å²) in [5.74, 6) is -0.949. The van der Waals surface area contributed by atoms with E-state index < -0.39 is 11.7 Å². The van der Waals surface area contributed by atoms with E-state index in [1.54, 1.807) is 11.1 Å². The van der Waals surface area contributed by atoms with Gasteiger partial charge >= 0.3 is 0 Å². The zero-order chi connectivity index (χ0) is 27.5. The summed E-state index contributed by atoms with van der Waals surface area (Å²) >= 11 is 0. The summed E-state index contributed by atoms with van der Waals surface area (Å²) < 4.78 is 1.82. The van der Waals surface area contributed by atoms with Crippen LogP contribution < -0.4 is 0 Å². The highest BCUT2D eigenvalue weighted by Gasteiger charge is 2.32. The van der Waals surface area contributed by atoms with Crippen LogP contribution in [-0.2, 0) is 16.1 Å². The van der Waals surface area contributed by atoms with E-state index in [2.05, 4.69) is 53.4 Å². The van der Waals surface area contributed by atoms with Crippen LogP contribution in [0.1, 0.15) is 40.4 Å². The first-order valence-corrected chi connectivity index (χ1v) is 14.1. The molecular formula is C33H34N4O3. The van der Waals surface area contributed by atoms with Gasteiger partial charge in [-0.15, -0.1) is 0 Å². The Hall–Kier alpha value is -4.23. The lowest BCUT2D eigenvalue weighted by Gasteiger charge is -2.39. The molecule has 0 saturated carbocycles. The van der Waals surface area contributed by atoms with E-state index in [9.17, 15) is 14.4 Å². The lowest BCUT2D eigenvalue weighted by atomic mass is 9.96. The van der Waals surface area contributed by atoms with Gasteiger partial charge in [-0.3, -0.25) is 19.3 Å². The molecule has 0 aliphatic carbocycles. The lowest BCUT2D eigenvalue weighted by molar-refractivity contribution is -0.130. The van der Waals surface area contributed by atoms with E-state index in [0.29, 0.717) is 37.1 Å². The molecule has 3 aromatic carbocycles. The maximum absolute atomic E-state index is 13.6. The summed E-state index contributed by atoms with van der Waals surface area (Å²) in [5.41, 5.74) is 3.58. The zero-order valence-corrected chi connectivity index (χ0v) is 22.6. The van der Waals surface area contributed by atoms with Crippen molar-refractivity contribution in [1.29, 1.82) is 0 Å². The number of rotatable bonds is 7. The fraction of sp³-hybridized carbons (Fsp3) is 0.303. The van der Waals surface area contributed by atoms with Crippen molar-refractivity contribution in [1.82, 2.24) is 19.3 Å². The van der Waals surface area contributed by atoms with Crippen LogP contribution in [0.3, 0.4) is 0 Å². The van der Waals surface area contributed by atoms with Crippen molar-refractivity contribution in [3.05, 3.63) is 108 Å². The molecule has 0 spiro atoms. The SMILES string of the molecule is O=C(C(=O)N1CCN(C(c2ccccc2)c2ccccc2)CC1)c1cn(CC(=O)N2CCCC2)c2ccccc12. The first kappa shape index (κ1) is 26.0. The number of hydrogen-bond donors (Lipinski definition) is 0. The number of para-hydroxylation sites is 1. The second-order valence-electron chi connectivity index (χ2n) is 10.7. The van der Waals surface area contributed by atoms with Crippen LogP contribution in [0.2, 0.25) is 0 Å². The number of aromatic nitrogens is 1. The van der Waals surface area contributed by atoms with Gasteiger partial charge in [0.1, 0.15) is 6.54 Å². The molecular weight excluding hydrogens is 500 g/mol. The highest BCUT2D eigenvalue weighted by molar-refractivity contribution is 6.44. The van der Waals surface area contributed by atoms with Gasteiger partial charge in [-0.2, -0.15) is 0 Å². The van der Waals surface area contributed by atoms with Crippen LogP contribution in [0.15, 0.2) is 91.1 Å². The second kappa shape index (κ2) is 11.5. The monoisotopic (exact) mass is 534 g/mol. The molecule has 7 heteroatoms. The Morgan fingerprint density at radius 2 is 1.23 bits per heavy atom. The maximum atomic E-state index is 13.6. The number of nitrogens with zero attached hydrogens (tertiary/aromatic N) is 4. The van der Waals surface area contributed by atoms with Crippen molar-refractivity contribution in [2.75, 3.05) is 39.3 Å². The highest BCUT2D eigenvalue weighted by Crippen LogP contribution is 2.30. The van der Waals surface area contributed by atoms with Gasteiger partial charge in [0.2, 0.25) is 5.91 Å². The van der Waals surface area contributed by atoms with E-state index >= 15 is 0 Å². The number of carbonyl (C=O) groups is 3. The van der Waals surface area contributed by atoms with E-state index in [0.717, 1.165) is 31.4 Å². The predicted molar refractivity (Wildman–Crippen MR) is 155 cm³/mol. The van der Waals surface area contributed by atoms with E-state index in [-0.39, 0.29) is 18.5 Å². The number of amides is 2. The molecule has 3 heterocycles. The summed E-state index contributed by atoms with van der Waals surface area (Å²) in [4.78, 5) is 45.8. The fourth-order valence-corrected chi connectivity index (χ4v) is 6.10. The first-order chi connectivity index (χ1) is 19.6. The molecule has 204 valence electrons. The predicted octanol–water partition coefficient (Wildman–Crippen LogP) is 4.38. The standard InChI is InChI=1S/C33H34N4O3/c38-30(34-17-9-10-18-34)24-37-23-28(27-15-7-8-16-29(27)37)32(39)33(40)36-21-19-35(20-22-36)31(25-11-3-1-4-12-25)26-13-5-2-6-14-26/h1-8,11-16,23,31H,9-10,17-22,24H2. The third-order valence-corrected chi connectivity index (χ3v) is 8.19. The molecule has 0 unspecified atom stereocenters. The average Bonchev–Trinajstić information content (AvgIpc) is 3.67. The molecule has 2 amide bonds. The topological polar surface area (TPSA) is 65.9 Å². The molecule has 4 aromatic rings. The summed E-state index contributed by atoms with van der Waals surface area (Å²) in [7, 11) is 0. The van der Waals surface area contributed by atoms with Gasteiger partial charge in [-0.25, -0.2) is 0 Å². The number of Topliss-reactive ketones (excluding diaryl/α,β-unsaturated/α-hetero) is 1. The Labute approximate surface area is 234 Å². The first-order valence-electron chi connectivity index (χ1n) is 14.1. The molecule has 6 rings (SSSR count). The summed E-state index contributed by atoms with van der Waals surface area (Å²) in [5, 5.41) is 0.710. The number of ketones is 1. The van der Waals surface area contributed by atoms with Gasteiger partial charge in [-0.05, 0) is 30.0 Å². The van der Waals surface area contributed by atoms with Crippen molar-refractivity contribution >= 4 is 28.5 Å². The second-order valence-corrected chi connectivity index (χ2v) is 10.7. The minimum absolute atomic E-state index is 0.0473. The van der Waals surface area contributed by atoms with Gasteiger partial charge in [0.15, 0.2) is 0 Å². The smallest absolute Gasteiger partial charge is 0.295 e. The quantitative estimate of drug-likeness (QED) is 0.261. The fourth-order valence-electron chi connectivity index (χ4n) is 6.10. The average molecular weight is 535 g/mol. The van der Waals surface area contributed by atoms with Crippen molar-refractivity contribution in [2.24, 2.45) is 0 Å². The number of hydrogen-bond acceptors (Lipinski definition) is 4. The van der Waals surface area contributed by atoms with Crippen LogP contribution >= 0.6 is 0 Å². The van der Waals surface area contributed by atoms with Crippen molar-refractivity contribution in [2.45, 2.75) is 25.4 Å². The van der Waals surface area contributed by atoms with Gasteiger partial charge in [0, 0.05) is 56.4 Å². The van der Waals surface area contributed by atoms with Crippen molar-refractivity contribution in [3.63, 3.8) is 0 Å². The zero-order valence-electron chi connectivity index (χ0n) is 22.6. The van der Waals surface area contributed by atoms with Crippen LogP contribution in [-0.4, -0.2) is 76.1 Å². The van der Waals surface area contributed by atoms with E-state index in [4.69, 9.17) is 0 Å². The largest absolute Gasteiger partial charge is 0.341 e. The molecule has 0 atom stereocenters. The Kier molecular flexibility index (Phi) is 7.47. The van der Waals surface area contributed by atoms with Gasteiger partial charge in [-0.1, -0.05) is 78.9 Å². The molecule has 2 aliphatic heterocycles. The number of piperazine rings is 1. The van der Waals surface area contributed by atoms with Crippen LogP contribution in [0.25, 0.3) is 10.9 Å². The minimum atomic E-state index is -0.514. The minimum Gasteiger partial charge on any atom is -0.341 e. The van der Waals surface area contributed by atoms with Gasteiger partial charge < -0.3 is 14.4 Å². The number of fused-ring (bicyclic) bond motifs is 1.